The van der Waals surface area contributed by atoms with Gasteiger partial charge < -0.3 is 10.1 Å². The quantitative estimate of drug-likeness (QED) is 0.626. The van der Waals surface area contributed by atoms with Crippen molar-refractivity contribution in [1.82, 2.24) is 20.1 Å². The zero-order chi connectivity index (χ0) is 15.3. The van der Waals surface area contributed by atoms with Crippen LogP contribution in [0.15, 0.2) is 12.7 Å². The number of piperidine rings is 1. The molecule has 0 aromatic carbocycles. The third-order valence-electron chi connectivity index (χ3n) is 3.86. The first kappa shape index (κ1) is 14.0. The van der Waals surface area contributed by atoms with Gasteiger partial charge in [-0.3, -0.25) is 4.68 Å². The number of aromatic nitrogens is 3. The highest BCUT2D eigenvalue weighted by molar-refractivity contribution is 5.91. The predicted molar refractivity (Wildman–Crippen MR) is 59.6 cm³/mol. The molecule has 1 saturated carbocycles. The first-order chi connectivity index (χ1) is 9.80. The molecule has 1 aliphatic carbocycles. The maximum atomic E-state index is 12.0. The number of esters is 2. The highest BCUT2D eigenvalue weighted by atomic mass is 19.4. The Labute approximate surface area is 116 Å². The van der Waals surface area contributed by atoms with Crippen LogP contribution in [0.2, 0.25) is 0 Å². The first-order valence-corrected chi connectivity index (χ1v) is 6.21. The molecule has 1 aromatic heterocycles. The van der Waals surface area contributed by atoms with Crippen LogP contribution in [0.1, 0.15) is 12.8 Å². The lowest BCUT2D eigenvalue weighted by molar-refractivity contribution is -0.202. The lowest BCUT2D eigenvalue weighted by atomic mass is 10.00. The highest BCUT2D eigenvalue weighted by Crippen LogP contribution is 2.55. The number of carbonyl (C=O) groups is 2. The summed E-state index contributed by atoms with van der Waals surface area (Å²) >= 11 is 0. The second-order valence-electron chi connectivity index (χ2n) is 5.34. The first-order valence-electron chi connectivity index (χ1n) is 6.21. The van der Waals surface area contributed by atoms with Crippen molar-refractivity contribution in [2.75, 3.05) is 0 Å². The molecular formula is C11H11F3N4O3. The number of hydrogen-bond acceptors (Lipinski definition) is 6. The summed E-state index contributed by atoms with van der Waals surface area (Å²) in [5.41, 5.74) is -0.237. The van der Waals surface area contributed by atoms with Crippen LogP contribution in [0.5, 0.6) is 0 Å². The maximum Gasteiger partial charge on any atom is 0.491 e. The summed E-state index contributed by atoms with van der Waals surface area (Å²) in [6.07, 6.45) is -1.16. The topological polar surface area (TPSA) is 86.1 Å². The molecule has 0 unspecified atom stereocenters. The van der Waals surface area contributed by atoms with Crippen molar-refractivity contribution in [3.63, 3.8) is 0 Å². The van der Waals surface area contributed by atoms with E-state index in [0.29, 0.717) is 13.0 Å². The monoisotopic (exact) mass is 304 g/mol. The lowest BCUT2D eigenvalue weighted by Gasteiger charge is -2.15. The van der Waals surface area contributed by atoms with Gasteiger partial charge in [-0.15, -0.1) is 0 Å². The molecule has 3 rings (SSSR count). The van der Waals surface area contributed by atoms with Gasteiger partial charge in [-0.1, -0.05) is 0 Å². The van der Waals surface area contributed by atoms with Crippen molar-refractivity contribution in [3.05, 3.63) is 12.7 Å². The summed E-state index contributed by atoms with van der Waals surface area (Å²) in [5.74, 6) is -3.68. The van der Waals surface area contributed by atoms with E-state index in [1.807, 2.05) is 0 Å². The van der Waals surface area contributed by atoms with E-state index in [1.165, 1.54) is 12.7 Å². The Hall–Kier alpha value is -1.97. The van der Waals surface area contributed by atoms with E-state index in [-0.39, 0.29) is 11.5 Å². The molecule has 2 aliphatic rings. The summed E-state index contributed by atoms with van der Waals surface area (Å²) in [5, 5.41) is 6.84. The van der Waals surface area contributed by atoms with Crippen molar-refractivity contribution in [3.8, 4) is 0 Å². The van der Waals surface area contributed by atoms with Crippen LogP contribution in [-0.2, 0) is 20.9 Å². The molecule has 0 bridgehead atoms. The molecule has 0 spiro atoms. The number of fused-ring (bicyclic) bond motifs is 1. The molecule has 1 aromatic rings. The Kier molecular flexibility index (Phi) is 3.01. The molecule has 7 nitrogen and oxygen atoms in total. The van der Waals surface area contributed by atoms with Gasteiger partial charge in [-0.05, 0) is 12.8 Å². The van der Waals surface area contributed by atoms with Crippen LogP contribution in [0.4, 0.5) is 13.2 Å². The summed E-state index contributed by atoms with van der Waals surface area (Å²) < 4.78 is 41.6. The standard InChI is InChI=1S/C11H11F3N4O3/c12-11(13,14)9(20)21-8(19)6-1-10(2-7(10)17-6)3-18-5-15-4-16-18/h4-7,17H,1-3H2/t6-,7-,10+/m0/s1. The van der Waals surface area contributed by atoms with Gasteiger partial charge in [0.25, 0.3) is 0 Å². The largest absolute Gasteiger partial charge is 0.491 e. The Balaban J connectivity index is 1.58. The summed E-state index contributed by atoms with van der Waals surface area (Å²) in [6, 6.07) is -0.890. The van der Waals surface area contributed by atoms with Crippen molar-refractivity contribution in [2.24, 2.45) is 5.41 Å². The van der Waals surface area contributed by atoms with E-state index < -0.39 is 24.2 Å². The number of hydrogen-bond donors (Lipinski definition) is 1. The molecule has 21 heavy (non-hydrogen) atoms. The van der Waals surface area contributed by atoms with Crippen LogP contribution in [0, 0.1) is 5.41 Å². The number of rotatable bonds is 3. The van der Waals surface area contributed by atoms with E-state index >= 15 is 0 Å². The SMILES string of the molecule is O=C(OC(=O)C(F)(F)F)[C@@H]1C[C@]2(Cn3cncn3)C[C@@H]2N1. The Bertz CT molecular complexity index is 574. The van der Waals surface area contributed by atoms with Gasteiger partial charge in [0.2, 0.25) is 0 Å². The summed E-state index contributed by atoms with van der Waals surface area (Å²) in [4.78, 5) is 26.0. The maximum absolute atomic E-state index is 12.0. The van der Waals surface area contributed by atoms with Crippen LogP contribution < -0.4 is 5.32 Å². The fourth-order valence-corrected chi connectivity index (χ4v) is 2.77. The number of halogens is 3. The predicted octanol–water partition coefficient (Wildman–Crippen LogP) is 0.0308. The normalized spacial score (nSPS) is 30.8. The molecule has 1 N–H and O–H groups in total. The van der Waals surface area contributed by atoms with Gasteiger partial charge in [-0.25, -0.2) is 14.6 Å². The number of ether oxygens (including phenoxy) is 1. The summed E-state index contributed by atoms with van der Waals surface area (Å²) in [6.45, 7) is 0.516. The van der Waals surface area contributed by atoms with Crippen molar-refractivity contribution >= 4 is 11.9 Å². The van der Waals surface area contributed by atoms with E-state index in [4.69, 9.17) is 0 Å². The van der Waals surface area contributed by atoms with Crippen LogP contribution in [0.3, 0.4) is 0 Å². The Morgan fingerprint density at radius 3 is 2.81 bits per heavy atom. The molecule has 2 fully saturated rings. The van der Waals surface area contributed by atoms with E-state index in [9.17, 15) is 22.8 Å². The van der Waals surface area contributed by atoms with E-state index in [1.54, 1.807) is 4.68 Å². The number of carbonyl (C=O) groups excluding carboxylic acids is 2. The van der Waals surface area contributed by atoms with Gasteiger partial charge in [-0.2, -0.15) is 18.3 Å². The molecule has 3 atom stereocenters. The van der Waals surface area contributed by atoms with E-state index in [0.717, 1.165) is 6.42 Å². The van der Waals surface area contributed by atoms with Crippen molar-refractivity contribution in [1.29, 1.82) is 0 Å². The molecule has 1 saturated heterocycles. The van der Waals surface area contributed by atoms with Crippen LogP contribution in [0.25, 0.3) is 0 Å². The number of alkyl halides is 3. The van der Waals surface area contributed by atoms with Crippen molar-refractivity contribution < 1.29 is 27.5 Å². The van der Waals surface area contributed by atoms with Gasteiger partial charge in [0.15, 0.2) is 0 Å². The second kappa shape index (κ2) is 4.52. The zero-order valence-corrected chi connectivity index (χ0v) is 10.6. The molecular weight excluding hydrogens is 293 g/mol. The summed E-state index contributed by atoms with van der Waals surface area (Å²) in [7, 11) is 0. The number of nitrogens with one attached hydrogen (secondary N) is 1. The minimum atomic E-state index is -5.17. The van der Waals surface area contributed by atoms with Gasteiger partial charge in [0.05, 0.1) is 0 Å². The van der Waals surface area contributed by atoms with Crippen molar-refractivity contribution in [2.45, 2.75) is 37.6 Å². The molecule has 10 heteroatoms. The average molecular weight is 304 g/mol. The number of nitrogens with zero attached hydrogens (tertiary/aromatic N) is 3. The molecule has 1 aliphatic heterocycles. The zero-order valence-electron chi connectivity index (χ0n) is 10.6. The highest BCUT2D eigenvalue weighted by Gasteiger charge is 2.62. The van der Waals surface area contributed by atoms with Gasteiger partial charge >= 0.3 is 18.1 Å². The lowest BCUT2D eigenvalue weighted by Crippen LogP contribution is -2.39. The minimum Gasteiger partial charge on any atom is -0.385 e. The molecule has 0 radical (unpaired) electrons. The fraction of sp³-hybridized carbons (Fsp3) is 0.636. The van der Waals surface area contributed by atoms with Crippen LogP contribution in [-0.4, -0.2) is 45.0 Å². The fourth-order valence-electron chi connectivity index (χ4n) is 2.77. The Morgan fingerprint density at radius 2 is 2.19 bits per heavy atom. The van der Waals surface area contributed by atoms with Crippen LogP contribution >= 0.6 is 0 Å². The third-order valence-corrected chi connectivity index (χ3v) is 3.86. The average Bonchev–Trinajstić information content (AvgIpc) is 2.79. The molecule has 114 valence electrons. The van der Waals surface area contributed by atoms with Gasteiger partial charge in [0.1, 0.15) is 18.7 Å². The van der Waals surface area contributed by atoms with Gasteiger partial charge in [0, 0.05) is 18.0 Å². The third kappa shape index (κ3) is 2.62. The minimum absolute atomic E-state index is 0.0141. The smallest absolute Gasteiger partial charge is 0.385 e. The van der Waals surface area contributed by atoms with E-state index in [2.05, 4.69) is 20.1 Å². The Morgan fingerprint density at radius 1 is 1.43 bits per heavy atom. The second-order valence-corrected chi connectivity index (χ2v) is 5.34. The molecule has 2 heterocycles. The molecule has 0 amide bonds.